The van der Waals surface area contributed by atoms with Crippen molar-refractivity contribution in [1.82, 2.24) is 0 Å². The number of aromatic carboxylic acids is 2. The molecular weight excluding hydrogens is 455 g/mol. The quantitative estimate of drug-likeness (QED) is 0.406. The molecule has 8 heteroatoms. The third-order valence-electron chi connectivity index (χ3n) is 4.47. The Bertz CT molecular complexity index is 1140. The lowest BCUT2D eigenvalue weighted by atomic mass is 10.1. The summed E-state index contributed by atoms with van der Waals surface area (Å²) in [6.45, 7) is 0. The monoisotopic (exact) mass is 470 g/mol. The van der Waals surface area contributed by atoms with Gasteiger partial charge in [0.25, 0.3) is 0 Å². The van der Waals surface area contributed by atoms with Crippen molar-refractivity contribution in [3.63, 3.8) is 0 Å². The van der Waals surface area contributed by atoms with Crippen molar-refractivity contribution >= 4 is 22.7 Å². The third kappa shape index (κ3) is 5.49. The zero-order valence-corrected chi connectivity index (χ0v) is 17.9. The van der Waals surface area contributed by atoms with E-state index in [0.29, 0.717) is 23.0 Å². The lowest BCUT2D eigenvalue weighted by Crippen LogP contribution is -3.00. The molecule has 0 radical (unpaired) electrons. The van der Waals surface area contributed by atoms with E-state index < -0.39 is 11.9 Å². The minimum absolute atomic E-state index is 0. The van der Waals surface area contributed by atoms with Crippen molar-refractivity contribution < 1.29 is 54.1 Å². The van der Waals surface area contributed by atoms with Crippen LogP contribution in [0.1, 0.15) is 20.7 Å². The van der Waals surface area contributed by atoms with Crippen LogP contribution in [0.5, 0.6) is 23.0 Å². The van der Waals surface area contributed by atoms with Gasteiger partial charge in [-0.2, -0.15) is 0 Å². The summed E-state index contributed by atoms with van der Waals surface area (Å²) < 4.78 is 11.9. The van der Waals surface area contributed by atoms with Gasteiger partial charge in [-0.25, -0.2) is 9.59 Å². The number of fused-ring (bicyclic) bond motifs is 1. The van der Waals surface area contributed by atoms with Gasteiger partial charge in [-0.05, 0) is 71.4 Å². The van der Waals surface area contributed by atoms with E-state index in [1.54, 1.807) is 24.3 Å². The molecule has 4 aromatic carbocycles. The fourth-order valence-electron chi connectivity index (χ4n) is 2.94. The first kappa shape index (κ1) is 24.5. The van der Waals surface area contributed by atoms with Crippen LogP contribution < -0.4 is 34.3 Å². The van der Waals surface area contributed by atoms with Crippen molar-refractivity contribution in [2.45, 2.75) is 0 Å². The van der Waals surface area contributed by atoms with E-state index in [1.807, 2.05) is 36.4 Å². The summed E-state index contributed by atoms with van der Waals surface area (Å²) in [5, 5.41) is 20.0. The summed E-state index contributed by atoms with van der Waals surface area (Å²) in [6, 6.07) is 23.5. The smallest absolute Gasteiger partial charge is 0.335 e. The summed E-state index contributed by atoms with van der Waals surface area (Å²) in [7, 11) is 0. The predicted molar refractivity (Wildman–Crippen MR) is 111 cm³/mol. The lowest BCUT2D eigenvalue weighted by molar-refractivity contribution is -0.001000. The number of halogens is 2. The minimum Gasteiger partial charge on any atom is -1.00 e. The van der Waals surface area contributed by atoms with E-state index >= 15 is 0 Å². The molecule has 0 amide bonds. The van der Waals surface area contributed by atoms with E-state index in [2.05, 4.69) is 0 Å². The van der Waals surface area contributed by atoms with Gasteiger partial charge in [0.15, 0.2) is 11.5 Å². The molecular formula is C24H16Cl2O6-2. The van der Waals surface area contributed by atoms with Crippen LogP contribution in [0, 0.1) is 0 Å². The molecule has 2 N–H and O–H groups in total. The Labute approximate surface area is 195 Å². The Morgan fingerprint density at radius 2 is 0.906 bits per heavy atom. The van der Waals surface area contributed by atoms with Gasteiger partial charge in [0.2, 0.25) is 0 Å². The Morgan fingerprint density at radius 3 is 1.22 bits per heavy atom. The fourth-order valence-corrected chi connectivity index (χ4v) is 2.94. The predicted octanol–water partition coefficient (Wildman–Crippen LogP) is -0.171. The highest BCUT2D eigenvalue weighted by Gasteiger charge is 2.12. The molecule has 0 aliphatic rings. The number of rotatable bonds is 6. The Kier molecular flexibility index (Phi) is 8.07. The maximum Gasteiger partial charge on any atom is 0.335 e. The maximum atomic E-state index is 11.0. The second-order valence-corrected chi connectivity index (χ2v) is 6.51. The topological polar surface area (TPSA) is 93.1 Å². The van der Waals surface area contributed by atoms with Crippen molar-refractivity contribution in [3.8, 4) is 23.0 Å². The summed E-state index contributed by atoms with van der Waals surface area (Å²) in [5.74, 6) is -0.219. The number of carboxylic acids is 2. The first-order valence-electron chi connectivity index (χ1n) is 9.05. The van der Waals surface area contributed by atoms with Gasteiger partial charge in [0.1, 0.15) is 11.5 Å². The van der Waals surface area contributed by atoms with E-state index in [1.165, 1.54) is 24.3 Å². The molecule has 0 unspecified atom stereocenters. The van der Waals surface area contributed by atoms with Crippen LogP contribution in [0.15, 0.2) is 84.9 Å². The van der Waals surface area contributed by atoms with Crippen LogP contribution in [0.3, 0.4) is 0 Å². The first-order chi connectivity index (χ1) is 14.5. The third-order valence-corrected chi connectivity index (χ3v) is 4.47. The SMILES string of the molecule is O=C(O)c1ccc(Oc2cc3ccccc3cc2Oc2ccc(C(=O)O)cc2)cc1.[Cl-].[Cl-]. The average molecular weight is 471 g/mol. The Balaban J connectivity index is 0.00000181. The van der Waals surface area contributed by atoms with E-state index in [0.717, 1.165) is 10.8 Å². The molecule has 4 aromatic rings. The van der Waals surface area contributed by atoms with Gasteiger partial charge < -0.3 is 44.5 Å². The van der Waals surface area contributed by atoms with Crippen LogP contribution in [-0.4, -0.2) is 22.2 Å². The normalized spacial score (nSPS) is 9.88. The molecule has 0 spiro atoms. The Morgan fingerprint density at radius 1 is 0.562 bits per heavy atom. The number of carboxylic acid groups (broad SMARTS) is 2. The van der Waals surface area contributed by atoms with Crippen LogP contribution in [0.4, 0.5) is 0 Å². The van der Waals surface area contributed by atoms with Gasteiger partial charge in [-0.15, -0.1) is 0 Å². The number of benzene rings is 4. The van der Waals surface area contributed by atoms with Crippen molar-refractivity contribution in [2.24, 2.45) is 0 Å². The lowest BCUT2D eigenvalue weighted by Gasteiger charge is -2.14. The zero-order valence-electron chi connectivity index (χ0n) is 16.4. The maximum absolute atomic E-state index is 11.0. The van der Waals surface area contributed by atoms with Gasteiger partial charge in [0, 0.05) is 0 Å². The van der Waals surface area contributed by atoms with Crippen molar-refractivity contribution in [2.75, 3.05) is 0 Å². The molecule has 0 aliphatic heterocycles. The summed E-state index contributed by atoms with van der Waals surface area (Å²) in [5.41, 5.74) is 0.326. The fraction of sp³-hybridized carbons (Fsp3) is 0. The number of hydrogen-bond donors (Lipinski definition) is 2. The number of hydrogen-bond acceptors (Lipinski definition) is 4. The average Bonchev–Trinajstić information content (AvgIpc) is 2.75. The summed E-state index contributed by atoms with van der Waals surface area (Å²) >= 11 is 0. The second-order valence-electron chi connectivity index (χ2n) is 6.51. The zero-order chi connectivity index (χ0) is 21.1. The van der Waals surface area contributed by atoms with E-state index in [4.69, 9.17) is 19.7 Å². The largest absolute Gasteiger partial charge is 1.00 e. The molecule has 0 bridgehead atoms. The van der Waals surface area contributed by atoms with Crippen LogP contribution in [0.2, 0.25) is 0 Å². The standard InChI is InChI=1S/C24H16O6.2ClH/c25-23(26)15-5-9-19(10-6-15)29-21-13-17-3-1-2-4-18(17)14-22(21)30-20-11-7-16(8-12-20)24(27)28;;/h1-14H,(H,25,26)(H,27,28);2*1H/p-2. The molecule has 0 saturated carbocycles. The first-order valence-corrected chi connectivity index (χ1v) is 9.05. The Hall–Kier alpha value is -3.74. The molecule has 0 heterocycles. The summed E-state index contributed by atoms with van der Waals surface area (Å²) in [4.78, 5) is 22.1. The molecule has 32 heavy (non-hydrogen) atoms. The molecule has 0 fully saturated rings. The van der Waals surface area contributed by atoms with Gasteiger partial charge >= 0.3 is 11.9 Å². The van der Waals surface area contributed by atoms with Gasteiger partial charge in [-0.1, -0.05) is 24.3 Å². The minimum atomic E-state index is -1.01. The number of ether oxygens (including phenoxy) is 2. The van der Waals surface area contributed by atoms with Gasteiger partial charge in [-0.3, -0.25) is 0 Å². The molecule has 164 valence electrons. The highest BCUT2D eigenvalue weighted by atomic mass is 35.5. The molecule has 0 atom stereocenters. The molecule has 4 rings (SSSR count). The molecule has 6 nitrogen and oxygen atoms in total. The highest BCUT2D eigenvalue weighted by Crippen LogP contribution is 2.38. The summed E-state index contributed by atoms with van der Waals surface area (Å²) in [6.07, 6.45) is 0. The highest BCUT2D eigenvalue weighted by molar-refractivity contribution is 5.88. The van der Waals surface area contributed by atoms with Crippen LogP contribution >= 0.6 is 0 Å². The van der Waals surface area contributed by atoms with Crippen molar-refractivity contribution in [1.29, 1.82) is 0 Å². The van der Waals surface area contributed by atoms with Crippen LogP contribution in [-0.2, 0) is 0 Å². The molecule has 0 saturated heterocycles. The van der Waals surface area contributed by atoms with Crippen molar-refractivity contribution in [3.05, 3.63) is 96.1 Å². The second kappa shape index (κ2) is 10.5. The molecule has 0 aliphatic carbocycles. The van der Waals surface area contributed by atoms with E-state index in [9.17, 15) is 9.59 Å². The molecule has 0 aromatic heterocycles. The van der Waals surface area contributed by atoms with Crippen LogP contribution in [0.25, 0.3) is 10.8 Å². The van der Waals surface area contributed by atoms with Gasteiger partial charge in [0.05, 0.1) is 11.1 Å². The van der Waals surface area contributed by atoms with E-state index in [-0.39, 0.29) is 35.9 Å². The number of carbonyl (C=O) groups is 2.